The maximum atomic E-state index is 2.55. The molecule has 0 saturated heterocycles. The molecule has 0 heteroatoms. The van der Waals surface area contributed by atoms with Crippen molar-refractivity contribution in [3.05, 3.63) is 0 Å². The molecule has 0 radical (unpaired) electrons. The molecule has 0 aromatic heterocycles. The molecule has 0 atom stereocenters. The molecule has 0 N–H and O–H groups in total. The standard InChI is InChI=1S/C12H22.C10H18.2C10H20.C9H18/c1-11-7-3-5-9-12(11,2)10-6-4-8-11;1-9-5-3-7-10(9,2)8-4-6-9;1-9(2)7-5-6-8-10(9,3)4;1-9(2,3)10(4)7-5-6-8-10;1-8(2)6-5-7-9(8,3)4/h3-10H2,1-2H3;3-8H2,1-2H3;2*5-8H2,1-4H3;5-7H2,1-4H3. The first-order chi connectivity index (χ1) is 23.2. The molecule has 0 aromatic carbocycles. The van der Waals surface area contributed by atoms with E-state index in [-0.39, 0.29) is 0 Å². The maximum Gasteiger partial charge on any atom is -0.0272 e. The quantitative estimate of drug-likeness (QED) is 0.235. The lowest BCUT2D eigenvalue weighted by Gasteiger charge is -2.53. The summed E-state index contributed by atoms with van der Waals surface area (Å²) in [6.07, 6.45) is 36.7. The van der Waals surface area contributed by atoms with E-state index in [1.54, 1.807) is 0 Å². The summed E-state index contributed by atoms with van der Waals surface area (Å²) in [5.74, 6) is 0. The Hall–Kier alpha value is 0. The molecule has 0 nitrogen and oxygen atoms in total. The van der Waals surface area contributed by atoms with E-state index in [0.29, 0.717) is 43.3 Å². The summed E-state index contributed by atoms with van der Waals surface area (Å²) in [5.41, 5.74) is 6.39. The van der Waals surface area contributed by atoms with Crippen LogP contribution >= 0.6 is 0 Å². The van der Waals surface area contributed by atoms with Gasteiger partial charge in [-0.15, -0.1) is 0 Å². The monoisotopic (exact) mass is 711 g/mol. The average Bonchev–Trinajstić information content (AvgIpc) is 3.73. The van der Waals surface area contributed by atoms with Gasteiger partial charge in [0.25, 0.3) is 0 Å². The number of hydrogen-bond donors (Lipinski definition) is 0. The molecule has 51 heavy (non-hydrogen) atoms. The van der Waals surface area contributed by atoms with Crippen LogP contribution in [0.25, 0.3) is 0 Å². The van der Waals surface area contributed by atoms with Crippen molar-refractivity contribution in [3.63, 3.8) is 0 Å². The summed E-state index contributed by atoms with van der Waals surface area (Å²) in [7, 11) is 0. The summed E-state index contributed by atoms with van der Waals surface area (Å²) < 4.78 is 0. The Morgan fingerprint density at radius 1 is 0.235 bits per heavy atom. The molecule has 7 saturated carbocycles. The van der Waals surface area contributed by atoms with E-state index in [9.17, 15) is 0 Å². The molecular weight excluding hydrogens is 613 g/mol. The van der Waals surface area contributed by atoms with E-state index in [4.69, 9.17) is 0 Å². The minimum atomic E-state index is 0.517. The average molecular weight is 711 g/mol. The van der Waals surface area contributed by atoms with Gasteiger partial charge in [0.2, 0.25) is 0 Å². The van der Waals surface area contributed by atoms with E-state index in [2.05, 4.69) is 111 Å². The van der Waals surface area contributed by atoms with Crippen molar-refractivity contribution >= 4 is 0 Å². The number of fused-ring (bicyclic) bond motifs is 2. The van der Waals surface area contributed by atoms with Crippen LogP contribution in [0.3, 0.4) is 0 Å². The molecule has 0 aromatic rings. The molecule has 0 aliphatic heterocycles. The third-order valence-electron chi connectivity index (χ3n) is 19.9. The van der Waals surface area contributed by atoms with Crippen LogP contribution in [-0.2, 0) is 0 Å². The maximum absolute atomic E-state index is 2.55. The molecule has 7 aliphatic carbocycles. The highest BCUT2D eigenvalue weighted by Gasteiger charge is 2.51. The lowest BCUT2D eigenvalue weighted by molar-refractivity contribution is -0.0261. The Bertz CT molecular complexity index is 952. The minimum absolute atomic E-state index is 0.517. The van der Waals surface area contributed by atoms with Gasteiger partial charge in [-0.25, -0.2) is 0 Å². The molecule has 0 unspecified atom stereocenters. The van der Waals surface area contributed by atoms with Gasteiger partial charge in [-0.3, -0.25) is 0 Å². The van der Waals surface area contributed by atoms with Crippen LogP contribution in [0, 0.1) is 54.1 Å². The first-order valence-corrected chi connectivity index (χ1v) is 23.2. The van der Waals surface area contributed by atoms with Crippen LogP contribution in [0.2, 0.25) is 0 Å². The molecule has 302 valence electrons. The van der Waals surface area contributed by atoms with Crippen molar-refractivity contribution in [2.45, 2.75) is 271 Å². The summed E-state index contributed by atoms with van der Waals surface area (Å²) in [5, 5.41) is 0. The van der Waals surface area contributed by atoms with E-state index in [1.807, 2.05) is 0 Å². The third kappa shape index (κ3) is 10.4. The Morgan fingerprint density at radius 2 is 0.412 bits per heavy atom. The highest BCUT2D eigenvalue weighted by molar-refractivity contribution is 5.02. The van der Waals surface area contributed by atoms with Crippen molar-refractivity contribution in [3.8, 4) is 0 Å². The van der Waals surface area contributed by atoms with Gasteiger partial charge in [-0.05, 0) is 144 Å². The lowest BCUT2D eigenvalue weighted by atomic mass is 9.52. The van der Waals surface area contributed by atoms with Gasteiger partial charge in [0.05, 0.1) is 0 Å². The molecule has 7 fully saturated rings. The van der Waals surface area contributed by atoms with Gasteiger partial charge in [-0.1, -0.05) is 181 Å². The zero-order chi connectivity index (χ0) is 38.7. The second-order valence-corrected chi connectivity index (χ2v) is 25.0. The van der Waals surface area contributed by atoms with Crippen LogP contribution in [0.1, 0.15) is 271 Å². The van der Waals surface area contributed by atoms with Gasteiger partial charge in [0.1, 0.15) is 0 Å². The van der Waals surface area contributed by atoms with Crippen LogP contribution in [0.4, 0.5) is 0 Å². The molecule has 7 rings (SSSR count). The highest BCUT2D eigenvalue weighted by Crippen LogP contribution is 2.62. The first kappa shape index (κ1) is 45.4. The third-order valence-corrected chi connectivity index (χ3v) is 19.9. The topological polar surface area (TPSA) is 0 Å². The van der Waals surface area contributed by atoms with Crippen LogP contribution in [0.5, 0.6) is 0 Å². The smallest absolute Gasteiger partial charge is 0.0272 e. The Kier molecular flexibility index (Phi) is 14.8. The Balaban J connectivity index is 0.000000173. The highest BCUT2D eigenvalue weighted by atomic mass is 14.6. The summed E-state index contributed by atoms with van der Waals surface area (Å²) >= 11 is 0. The van der Waals surface area contributed by atoms with E-state index in [0.717, 1.165) is 10.8 Å². The van der Waals surface area contributed by atoms with E-state index < -0.39 is 0 Å². The van der Waals surface area contributed by atoms with Crippen LogP contribution in [-0.4, -0.2) is 0 Å². The molecule has 0 heterocycles. The molecule has 7 aliphatic rings. The lowest BCUT2D eigenvalue weighted by Crippen LogP contribution is -2.42. The predicted octanol–water partition coefficient (Wildman–Crippen LogP) is 18.0. The summed E-state index contributed by atoms with van der Waals surface area (Å²) in [4.78, 5) is 0. The fourth-order valence-corrected chi connectivity index (χ4v) is 12.1. The van der Waals surface area contributed by atoms with Crippen molar-refractivity contribution in [1.29, 1.82) is 0 Å². The molecule has 0 spiro atoms. The second-order valence-electron chi connectivity index (χ2n) is 25.0. The first-order valence-electron chi connectivity index (χ1n) is 23.2. The van der Waals surface area contributed by atoms with Crippen molar-refractivity contribution in [2.75, 3.05) is 0 Å². The van der Waals surface area contributed by atoms with Gasteiger partial charge in [0.15, 0.2) is 0 Å². The van der Waals surface area contributed by atoms with Crippen LogP contribution < -0.4 is 0 Å². The molecule has 0 bridgehead atoms. The zero-order valence-electron chi connectivity index (χ0n) is 38.7. The van der Waals surface area contributed by atoms with Crippen molar-refractivity contribution < 1.29 is 0 Å². The Morgan fingerprint density at radius 3 is 0.608 bits per heavy atom. The number of rotatable bonds is 0. The molecular formula is C51H98. The minimum Gasteiger partial charge on any atom is -0.0597 e. The van der Waals surface area contributed by atoms with Crippen LogP contribution in [0.15, 0.2) is 0 Å². The van der Waals surface area contributed by atoms with Crippen molar-refractivity contribution in [1.82, 2.24) is 0 Å². The SMILES string of the molecule is CC(C)(C)C1(C)CCCC1.CC1(C)CCCC1(C)C.CC1(C)CCCCC1(C)C.CC12CCCC1(C)CCC2.CC12CCCCC1(C)CCCC2. The Labute approximate surface area is 324 Å². The predicted molar refractivity (Wildman–Crippen MR) is 231 cm³/mol. The largest absolute Gasteiger partial charge is 0.0597 e. The normalized spacial score (nSPS) is 38.1. The fraction of sp³-hybridized carbons (Fsp3) is 1.00. The van der Waals surface area contributed by atoms with Gasteiger partial charge in [0, 0.05) is 0 Å². The summed E-state index contributed by atoms with van der Waals surface area (Å²) in [6.45, 7) is 38.9. The van der Waals surface area contributed by atoms with Gasteiger partial charge >= 0.3 is 0 Å². The van der Waals surface area contributed by atoms with Crippen molar-refractivity contribution in [2.24, 2.45) is 54.1 Å². The summed E-state index contributed by atoms with van der Waals surface area (Å²) in [6, 6.07) is 0. The fourth-order valence-electron chi connectivity index (χ4n) is 12.1. The van der Waals surface area contributed by atoms with E-state index >= 15 is 0 Å². The zero-order valence-corrected chi connectivity index (χ0v) is 38.7. The molecule has 0 amide bonds. The van der Waals surface area contributed by atoms with E-state index in [1.165, 1.54) is 161 Å². The second kappa shape index (κ2) is 16.6. The van der Waals surface area contributed by atoms with Gasteiger partial charge in [-0.2, -0.15) is 0 Å². The number of hydrogen-bond acceptors (Lipinski definition) is 0. The van der Waals surface area contributed by atoms with Gasteiger partial charge < -0.3 is 0 Å².